The van der Waals surface area contributed by atoms with Crippen molar-refractivity contribution in [2.45, 2.75) is 56.7 Å². The van der Waals surface area contributed by atoms with Crippen molar-refractivity contribution in [3.63, 3.8) is 0 Å². The van der Waals surface area contributed by atoms with E-state index in [1.54, 1.807) is 15.8 Å². The maximum absolute atomic E-state index is 13.5. The Labute approximate surface area is 210 Å². The summed E-state index contributed by atoms with van der Waals surface area (Å²) in [5.41, 5.74) is 1.42. The standard InChI is InChI=1S/C24H34N6O5Si/c1-15-22(36(2,3)34)20(6-9-29-14-16(7-11-31)27-28-29)35-24(15)18-12-17(4-5-19(18)26-23(24)33)30-10-8-25-13-21(30)32/h4-5,12,14-15,20,22,25,31,34H,6-11,13H2,1-3H3,(H,26,33)/t15-,20+,22-,24+/m0/s1. The van der Waals surface area contributed by atoms with Crippen molar-refractivity contribution in [3.8, 4) is 0 Å². The van der Waals surface area contributed by atoms with Gasteiger partial charge in [0.2, 0.25) is 5.91 Å². The topological polar surface area (TPSA) is 142 Å². The van der Waals surface area contributed by atoms with Crippen LogP contribution in [-0.4, -0.2) is 77.4 Å². The lowest BCUT2D eigenvalue weighted by molar-refractivity contribution is -0.143. The number of amides is 2. The smallest absolute Gasteiger partial charge is 0.261 e. The summed E-state index contributed by atoms with van der Waals surface area (Å²) in [6.45, 7) is 7.83. The fourth-order valence-electron chi connectivity index (χ4n) is 6.14. The van der Waals surface area contributed by atoms with Crippen LogP contribution in [0.25, 0.3) is 0 Å². The van der Waals surface area contributed by atoms with Gasteiger partial charge in [0, 0.05) is 67.3 Å². The van der Waals surface area contributed by atoms with Crippen LogP contribution in [0.2, 0.25) is 18.6 Å². The number of ether oxygens (including phenoxy) is 1. The Bertz CT molecular complexity index is 1170. The minimum Gasteiger partial charge on any atom is -0.432 e. The lowest BCUT2D eigenvalue weighted by atomic mass is 9.82. The summed E-state index contributed by atoms with van der Waals surface area (Å²) in [6, 6.07) is 5.59. The highest BCUT2D eigenvalue weighted by Crippen LogP contribution is 2.58. The molecule has 4 atom stereocenters. The molecule has 4 N–H and O–H groups in total. The van der Waals surface area contributed by atoms with Gasteiger partial charge in [0.05, 0.1) is 18.3 Å². The summed E-state index contributed by atoms with van der Waals surface area (Å²) in [5.74, 6) is -0.517. The summed E-state index contributed by atoms with van der Waals surface area (Å²) in [6.07, 6.45) is 2.43. The van der Waals surface area contributed by atoms with Crippen molar-refractivity contribution in [2.75, 3.05) is 36.5 Å². The Morgan fingerprint density at radius 1 is 1.31 bits per heavy atom. The number of piperazine rings is 1. The number of nitrogens with zero attached hydrogens (tertiary/aromatic N) is 4. The highest BCUT2D eigenvalue weighted by atomic mass is 28.4. The van der Waals surface area contributed by atoms with E-state index in [1.807, 2.05) is 38.2 Å². The third-order valence-corrected chi connectivity index (χ3v) is 10.2. The van der Waals surface area contributed by atoms with E-state index in [1.165, 1.54) is 0 Å². The van der Waals surface area contributed by atoms with Crippen LogP contribution < -0.4 is 15.5 Å². The molecule has 3 aliphatic rings. The van der Waals surface area contributed by atoms with Crippen LogP contribution in [0.15, 0.2) is 24.4 Å². The summed E-state index contributed by atoms with van der Waals surface area (Å²) in [7, 11) is -2.75. The zero-order valence-corrected chi connectivity index (χ0v) is 21.9. The van der Waals surface area contributed by atoms with E-state index in [4.69, 9.17) is 9.84 Å². The normalized spacial score (nSPS) is 28.1. The molecule has 4 heterocycles. The zero-order chi connectivity index (χ0) is 25.7. The Hall–Kier alpha value is -2.64. The number of carbonyl (C=O) groups is 2. The molecule has 2 aromatic rings. The first-order valence-electron chi connectivity index (χ1n) is 12.5. The molecule has 0 radical (unpaired) electrons. The van der Waals surface area contributed by atoms with Crippen molar-refractivity contribution in [2.24, 2.45) is 5.92 Å². The van der Waals surface area contributed by atoms with Gasteiger partial charge in [0.25, 0.3) is 5.91 Å². The molecular weight excluding hydrogens is 480 g/mol. The first-order chi connectivity index (χ1) is 17.1. The highest BCUT2D eigenvalue weighted by Gasteiger charge is 2.64. The van der Waals surface area contributed by atoms with Crippen molar-refractivity contribution >= 4 is 31.5 Å². The van der Waals surface area contributed by atoms with Crippen molar-refractivity contribution in [1.29, 1.82) is 0 Å². The van der Waals surface area contributed by atoms with Crippen LogP contribution in [0, 0.1) is 5.92 Å². The van der Waals surface area contributed by atoms with Gasteiger partial charge in [0.15, 0.2) is 13.9 Å². The number of hydrogen-bond donors (Lipinski definition) is 4. The molecule has 2 amide bonds. The molecule has 11 nitrogen and oxygen atoms in total. The number of aromatic nitrogens is 3. The number of benzene rings is 1. The lowest BCUT2D eigenvalue weighted by Gasteiger charge is -2.32. The van der Waals surface area contributed by atoms with E-state index in [0.29, 0.717) is 43.9 Å². The minimum atomic E-state index is -2.75. The molecule has 2 saturated heterocycles. The first-order valence-corrected chi connectivity index (χ1v) is 15.5. The maximum atomic E-state index is 13.5. The van der Waals surface area contributed by atoms with Crippen LogP contribution in [0.4, 0.5) is 11.4 Å². The third kappa shape index (κ3) is 4.16. The fraction of sp³-hybridized carbons (Fsp3) is 0.583. The fourth-order valence-corrected chi connectivity index (χ4v) is 8.74. The number of rotatable bonds is 7. The molecule has 1 spiro atoms. The number of carbonyl (C=O) groups excluding carboxylic acids is 2. The van der Waals surface area contributed by atoms with Gasteiger partial charge in [-0.25, -0.2) is 0 Å². The second kappa shape index (κ2) is 9.34. The molecule has 0 aliphatic carbocycles. The van der Waals surface area contributed by atoms with Crippen molar-refractivity contribution < 1.29 is 24.2 Å². The highest BCUT2D eigenvalue weighted by molar-refractivity contribution is 6.71. The van der Waals surface area contributed by atoms with Crippen LogP contribution in [0.1, 0.15) is 24.6 Å². The van der Waals surface area contributed by atoms with Crippen molar-refractivity contribution in [3.05, 3.63) is 35.7 Å². The predicted octanol–water partition coefficient (Wildman–Crippen LogP) is 0.589. The largest absolute Gasteiger partial charge is 0.432 e. The molecule has 1 aromatic carbocycles. The first kappa shape index (κ1) is 25.0. The molecular formula is C24H34N6O5Si. The molecule has 3 aliphatic heterocycles. The van der Waals surface area contributed by atoms with Gasteiger partial charge in [-0.2, -0.15) is 0 Å². The van der Waals surface area contributed by atoms with Gasteiger partial charge in [-0.15, -0.1) is 5.10 Å². The SMILES string of the molecule is C[C@H]1[C@H]([Si](C)(C)O)[C@@H](CCn2cc(CCO)nn2)O[C@]12C(=O)Nc1ccc(N3CCNCC3=O)cc12. The summed E-state index contributed by atoms with van der Waals surface area (Å²) in [5, 5.41) is 23.4. The summed E-state index contributed by atoms with van der Waals surface area (Å²) >= 11 is 0. The minimum absolute atomic E-state index is 0.00683. The number of fused-ring (bicyclic) bond motifs is 2. The third-order valence-electron chi connectivity index (χ3n) is 7.72. The van der Waals surface area contributed by atoms with E-state index in [9.17, 15) is 14.4 Å². The van der Waals surface area contributed by atoms with Crippen LogP contribution in [0.3, 0.4) is 0 Å². The van der Waals surface area contributed by atoms with E-state index in [0.717, 1.165) is 11.3 Å². The van der Waals surface area contributed by atoms with E-state index in [2.05, 4.69) is 20.9 Å². The monoisotopic (exact) mass is 514 g/mol. The Morgan fingerprint density at radius 3 is 2.83 bits per heavy atom. The van der Waals surface area contributed by atoms with Crippen molar-refractivity contribution in [1.82, 2.24) is 20.3 Å². The van der Waals surface area contributed by atoms with E-state index < -0.39 is 13.9 Å². The molecule has 12 heteroatoms. The molecule has 0 bridgehead atoms. The van der Waals surface area contributed by atoms with Gasteiger partial charge >= 0.3 is 0 Å². The van der Waals surface area contributed by atoms with Gasteiger partial charge in [0.1, 0.15) is 0 Å². The van der Waals surface area contributed by atoms with E-state index in [-0.39, 0.29) is 42.5 Å². The van der Waals surface area contributed by atoms with Crippen LogP contribution >= 0.6 is 0 Å². The number of hydrogen-bond acceptors (Lipinski definition) is 8. The molecule has 5 rings (SSSR count). The Balaban J connectivity index is 1.47. The average molecular weight is 515 g/mol. The maximum Gasteiger partial charge on any atom is 0.261 e. The number of aryl methyl sites for hydroxylation is 1. The van der Waals surface area contributed by atoms with E-state index >= 15 is 0 Å². The molecule has 194 valence electrons. The van der Waals surface area contributed by atoms with Gasteiger partial charge in [-0.05, 0) is 37.7 Å². The number of aliphatic hydroxyl groups is 1. The summed E-state index contributed by atoms with van der Waals surface area (Å²) in [4.78, 5) is 39.1. The Morgan fingerprint density at radius 2 is 2.11 bits per heavy atom. The number of nitrogens with one attached hydrogen (secondary N) is 2. The average Bonchev–Trinajstić information content (AvgIpc) is 3.48. The second-order valence-corrected chi connectivity index (χ2v) is 14.5. The number of aliphatic hydroxyl groups excluding tert-OH is 1. The van der Waals surface area contributed by atoms with Gasteiger partial charge in [-0.1, -0.05) is 12.1 Å². The zero-order valence-electron chi connectivity index (χ0n) is 20.9. The molecule has 36 heavy (non-hydrogen) atoms. The van der Waals surface area contributed by atoms with Crippen LogP contribution in [0.5, 0.6) is 0 Å². The quantitative estimate of drug-likeness (QED) is 0.394. The molecule has 2 fully saturated rings. The number of anilines is 2. The summed E-state index contributed by atoms with van der Waals surface area (Å²) < 4.78 is 8.40. The van der Waals surface area contributed by atoms with Crippen LogP contribution in [-0.2, 0) is 32.9 Å². The molecule has 0 saturated carbocycles. The van der Waals surface area contributed by atoms with Gasteiger partial charge < -0.3 is 30.2 Å². The predicted molar refractivity (Wildman–Crippen MR) is 135 cm³/mol. The molecule has 0 unspecified atom stereocenters. The second-order valence-electron chi connectivity index (χ2n) is 10.5. The van der Waals surface area contributed by atoms with Gasteiger partial charge in [-0.3, -0.25) is 14.3 Å². The Kier molecular flexibility index (Phi) is 6.49. The molecule has 1 aromatic heterocycles. The lowest BCUT2D eigenvalue weighted by Crippen LogP contribution is -2.48.